The second kappa shape index (κ2) is 10.1. The Morgan fingerprint density at radius 1 is 0.963 bits per heavy atom. The van der Waals surface area contributed by atoms with Crippen molar-refractivity contribution < 1.29 is 23.1 Å². The Hall–Kier alpha value is -1.63. The Labute approximate surface area is 170 Å². The van der Waals surface area contributed by atoms with Crippen molar-refractivity contribution in [3.05, 3.63) is 69.7 Å². The van der Waals surface area contributed by atoms with Gasteiger partial charge in [0.2, 0.25) is 5.78 Å². The van der Waals surface area contributed by atoms with Crippen molar-refractivity contribution in [2.45, 2.75) is 23.8 Å². The van der Waals surface area contributed by atoms with Crippen LogP contribution in [0.1, 0.15) is 23.3 Å². The van der Waals surface area contributed by atoms with Gasteiger partial charge < -0.3 is 4.74 Å². The highest BCUT2D eigenvalue weighted by Gasteiger charge is 2.37. The summed E-state index contributed by atoms with van der Waals surface area (Å²) in [5.74, 6) is -2.47. The Kier molecular flexibility index (Phi) is 8.07. The van der Waals surface area contributed by atoms with E-state index in [9.17, 15) is 18.4 Å². The van der Waals surface area contributed by atoms with E-state index in [0.29, 0.717) is 21.2 Å². The standard InChI is InChI=1S/C19H16Cl2F2O3S/c1-2-26-19(25)17(15(24)18(22)23)27-16(11-3-7-13(20)8-4-11)12-5-9-14(21)10-6-12/h3-10,16-18H,2H2,1H3. The zero-order chi connectivity index (χ0) is 20.0. The number of thioether (sulfide) groups is 1. The third kappa shape index (κ3) is 5.92. The molecule has 2 aromatic rings. The summed E-state index contributed by atoms with van der Waals surface area (Å²) in [4.78, 5) is 24.1. The number of Topliss-reactive ketones (excluding diaryl/α,β-unsaturated/α-hetero) is 1. The predicted molar refractivity (Wildman–Crippen MR) is 104 cm³/mol. The molecule has 27 heavy (non-hydrogen) atoms. The number of rotatable bonds is 8. The summed E-state index contributed by atoms with van der Waals surface area (Å²) in [6, 6.07) is 13.4. The minimum absolute atomic E-state index is 0.0149. The maximum absolute atomic E-state index is 13.0. The molecular formula is C19H16Cl2F2O3S. The van der Waals surface area contributed by atoms with E-state index in [-0.39, 0.29) is 6.61 Å². The molecule has 0 spiro atoms. The van der Waals surface area contributed by atoms with Gasteiger partial charge in [0.25, 0.3) is 6.43 Å². The number of benzene rings is 2. The average molecular weight is 433 g/mol. The zero-order valence-electron chi connectivity index (χ0n) is 14.2. The van der Waals surface area contributed by atoms with Gasteiger partial charge in [-0.05, 0) is 42.3 Å². The molecule has 0 aliphatic carbocycles. The van der Waals surface area contributed by atoms with E-state index in [1.54, 1.807) is 55.5 Å². The number of ketones is 1. The second-order valence-corrected chi connectivity index (χ2v) is 7.54. The molecule has 0 saturated carbocycles. The minimum Gasteiger partial charge on any atom is -0.465 e. The lowest BCUT2D eigenvalue weighted by molar-refractivity contribution is -0.147. The van der Waals surface area contributed by atoms with Gasteiger partial charge in [0, 0.05) is 10.0 Å². The summed E-state index contributed by atoms with van der Waals surface area (Å²) >= 11 is 12.6. The van der Waals surface area contributed by atoms with E-state index in [4.69, 9.17) is 27.9 Å². The first-order valence-corrected chi connectivity index (χ1v) is 9.68. The number of carbonyl (C=O) groups is 2. The molecule has 0 aromatic heterocycles. The molecule has 0 aliphatic heterocycles. The lowest BCUT2D eigenvalue weighted by Crippen LogP contribution is -2.34. The highest BCUT2D eigenvalue weighted by Crippen LogP contribution is 2.40. The molecule has 2 aromatic carbocycles. The van der Waals surface area contributed by atoms with Crippen LogP contribution in [-0.4, -0.2) is 30.0 Å². The fourth-order valence-corrected chi connectivity index (χ4v) is 3.90. The molecule has 2 rings (SSSR count). The molecule has 0 heterocycles. The van der Waals surface area contributed by atoms with Gasteiger partial charge >= 0.3 is 5.97 Å². The van der Waals surface area contributed by atoms with Crippen LogP contribution in [-0.2, 0) is 14.3 Å². The Balaban J connectivity index is 2.44. The number of alkyl halides is 2. The predicted octanol–water partition coefficient (Wildman–Crippen LogP) is 5.58. The van der Waals surface area contributed by atoms with Crippen LogP contribution in [0.15, 0.2) is 48.5 Å². The first-order valence-electron chi connectivity index (χ1n) is 7.98. The van der Waals surface area contributed by atoms with Gasteiger partial charge in [-0.2, -0.15) is 0 Å². The zero-order valence-corrected chi connectivity index (χ0v) is 16.5. The SMILES string of the molecule is CCOC(=O)C(SC(c1ccc(Cl)cc1)c1ccc(Cl)cc1)C(=O)C(F)F. The fourth-order valence-electron chi connectivity index (χ4n) is 2.33. The van der Waals surface area contributed by atoms with E-state index >= 15 is 0 Å². The molecule has 1 atom stereocenters. The maximum atomic E-state index is 13.0. The number of esters is 1. The van der Waals surface area contributed by atoms with Crippen molar-refractivity contribution in [2.24, 2.45) is 0 Å². The second-order valence-electron chi connectivity index (χ2n) is 5.45. The number of hydrogen-bond donors (Lipinski definition) is 0. The highest BCUT2D eigenvalue weighted by molar-refractivity contribution is 8.01. The van der Waals surface area contributed by atoms with Gasteiger partial charge in [0.05, 0.1) is 11.9 Å². The van der Waals surface area contributed by atoms with E-state index in [1.165, 1.54) is 0 Å². The molecule has 3 nitrogen and oxygen atoms in total. The third-order valence-corrected chi connectivity index (χ3v) is 5.61. The van der Waals surface area contributed by atoms with Crippen LogP contribution in [0.5, 0.6) is 0 Å². The van der Waals surface area contributed by atoms with E-state index < -0.39 is 28.7 Å². The van der Waals surface area contributed by atoms with Crippen molar-refractivity contribution >= 4 is 46.7 Å². The van der Waals surface area contributed by atoms with E-state index in [0.717, 1.165) is 11.8 Å². The molecule has 0 amide bonds. The molecule has 0 N–H and O–H groups in total. The molecular weight excluding hydrogens is 417 g/mol. The summed E-state index contributed by atoms with van der Waals surface area (Å²) in [6.45, 7) is 1.53. The van der Waals surface area contributed by atoms with Gasteiger partial charge in [0.15, 0.2) is 5.25 Å². The van der Waals surface area contributed by atoms with Gasteiger partial charge in [-0.25, -0.2) is 8.78 Å². The summed E-state index contributed by atoms with van der Waals surface area (Å²) in [5.41, 5.74) is 1.39. The molecule has 0 fully saturated rings. The molecule has 1 unspecified atom stereocenters. The Morgan fingerprint density at radius 3 is 1.78 bits per heavy atom. The minimum atomic E-state index is -3.28. The van der Waals surface area contributed by atoms with Crippen LogP contribution in [0.25, 0.3) is 0 Å². The first-order chi connectivity index (χ1) is 12.8. The van der Waals surface area contributed by atoms with Crippen molar-refractivity contribution in [3.8, 4) is 0 Å². The maximum Gasteiger partial charge on any atom is 0.326 e. The van der Waals surface area contributed by atoms with Gasteiger partial charge in [-0.1, -0.05) is 47.5 Å². The Bertz CT molecular complexity index is 737. The van der Waals surface area contributed by atoms with Gasteiger partial charge in [0.1, 0.15) is 0 Å². The van der Waals surface area contributed by atoms with E-state index in [1.807, 2.05) is 0 Å². The molecule has 8 heteroatoms. The van der Waals surface area contributed by atoms with Crippen LogP contribution >= 0.6 is 35.0 Å². The van der Waals surface area contributed by atoms with Crippen LogP contribution in [0.4, 0.5) is 8.78 Å². The van der Waals surface area contributed by atoms with Gasteiger partial charge in [-0.3, -0.25) is 9.59 Å². The summed E-state index contributed by atoms with van der Waals surface area (Å²) in [6.07, 6.45) is -3.28. The Morgan fingerprint density at radius 2 is 1.41 bits per heavy atom. The molecule has 0 radical (unpaired) electrons. The summed E-state index contributed by atoms with van der Waals surface area (Å²) in [5, 5.41) is -1.22. The number of carbonyl (C=O) groups excluding carboxylic acids is 2. The average Bonchev–Trinajstić information content (AvgIpc) is 2.64. The van der Waals surface area contributed by atoms with Crippen molar-refractivity contribution in [3.63, 3.8) is 0 Å². The third-order valence-electron chi connectivity index (χ3n) is 3.59. The highest BCUT2D eigenvalue weighted by atomic mass is 35.5. The topological polar surface area (TPSA) is 43.4 Å². The van der Waals surface area contributed by atoms with Crippen LogP contribution in [0.2, 0.25) is 10.0 Å². The van der Waals surface area contributed by atoms with E-state index in [2.05, 4.69) is 0 Å². The number of ether oxygens (including phenoxy) is 1. The monoisotopic (exact) mass is 432 g/mol. The van der Waals surface area contributed by atoms with Crippen LogP contribution < -0.4 is 0 Å². The lowest BCUT2D eigenvalue weighted by atomic mass is 10.0. The molecule has 0 aliphatic rings. The lowest BCUT2D eigenvalue weighted by Gasteiger charge is -2.22. The normalized spacial score (nSPS) is 12.3. The van der Waals surface area contributed by atoms with Crippen LogP contribution in [0.3, 0.4) is 0 Å². The van der Waals surface area contributed by atoms with Gasteiger partial charge in [-0.15, -0.1) is 11.8 Å². The van der Waals surface area contributed by atoms with Crippen molar-refractivity contribution in [2.75, 3.05) is 6.61 Å². The first kappa shape index (κ1) is 21.7. The molecule has 0 bridgehead atoms. The summed E-state index contributed by atoms with van der Waals surface area (Å²) in [7, 11) is 0. The quantitative estimate of drug-likeness (QED) is 0.403. The molecule has 0 saturated heterocycles. The molecule has 144 valence electrons. The van der Waals surface area contributed by atoms with Crippen molar-refractivity contribution in [1.82, 2.24) is 0 Å². The number of hydrogen-bond acceptors (Lipinski definition) is 4. The van der Waals surface area contributed by atoms with Crippen LogP contribution in [0, 0.1) is 0 Å². The van der Waals surface area contributed by atoms with Crippen molar-refractivity contribution in [1.29, 1.82) is 0 Å². The number of halogens is 4. The smallest absolute Gasteiger partial charge is 0.326 e. The summed E-state index contributed by atoms with van der Waals surface area (Å²) < 4.78 is 30.9. The fraction of sp³-hybridized carbons (Fsp3) is 0.263. The largest absolute Gasteiger partial charge is 0.465 e.